The van der Waals surface area contributed by atoms with Gasteiger partial charge in [-0.25, -0.2) is 0 Å². The van der Waals surface area contributed by atoms with E-state index in [4.69, 9.17) is 0 Å². The Morgan fingerprint density at radius 2 is 1.62 bits per heavy atom. The third kappa shape index (κ3) is 4.16. The summed E-state index contributed by atoms with van der Waals surface area (Å²) in [6.45, 7) is 6.37. The Morgan fingerprint density at radius 1 is 1.10 bits per heavy atom. The number of amides is 2. The van der Waals surface area contributed by atoms with Gasteiger partial charge >= 0.3 is 0 Å². The fourth-order valence-electron chi connectivity index (χ4n) is 3.64. The molecule has 2 amide bonds. The average Bonchev–Trinajstić information content (AvgIpc) is 2.37. The van der Waals surface area contributed by atoms with E-state index in [0.717, 1.165) is 25.8 Å². The van der Waals surface area contributed by atoms with Crippen LogP contribution in [-0.2, 0) is 9.59 Å². The van der Waals surface area contributed by atoms with E-state index in [2.05, 4.69) is 18.0 Å². The van der Waals surface area contributed by atoms with Gasteiger partial charge in [0.05, 0.1) is 0 Å². The van der Waals surface area contributed by atoms with Gasteiger partial charge in [0.25, 0.3) is 0 Å². The van der Waals surface area contributed by atoms with Crippen LogP contribution in [0.3, 0.4) is 0 Å². The summed E-state index contributed by atoms with van der Waals surface area (Å²) in [5.74, 6) is 0.151. The molecule has 0 N–H and O–H groups in total. The second-order valence-corrected chi connectivity index (χ2v) is 13.4. The van der Waals surface area contributed by atoms with Crippen LogP contribution >= 0.6 is 0 Å². The maximum atomic E-state index is 12.4. The van der Waals surface area contributed by atoms with E-state index < -0.39 is 8.07 Å². The molecule has 0 saturated carbocycles. The van der Waals surface area contributed by atoms with Crippen LogP contribution in [0.4, 0.5) is 0 Å². The number of hydrogen-bond acceptors (Lipinski definition) is 3. The highest BCUT2D eigenvalue weighted by Gasteiger charge is 2.46. The molecular weight excluding hydrogens is 280 g/mol. The fraction of sp³-hybridized carbons (Fsp3) is 0.875. The first-order valence-corrected chi connectivity index (χ1v) is 11.6. The number of carbonyl (C=O) groups is 2. The number of hydrogen-bond donors (Lipinski definition) is 0. The highest BCUT2D eigenvalue weighted by Crippen LogP contribution is 2.48. The molecule has 0 atom stereocenters. The molecule has 0 aromatic rings. The lowest BCUT2D eigenvalue weighted by molar-refractivity contribution is -0.154. The SMILES string of the molecule is CN(C)CCCN1C(=O)CC2(CC[Si](C)(C)CC2)CC1=O. The zero-order chi connectivity index (χ0) is 15.7. The Balaban J connectivity index is 1.93. The average molecular weight is 311 g/mol. The number of carbonyl (C=O) groups excluding carboxylic acids is 2. The van der Waals surface area contributed by atoms with Crippen LogP contribution in [0.1, 0.15) is 32.1 Å². The summed E-state index contributed by atoms with van der Waals surface area (Å²) in [5.41, 5.74) is 0.00867. The quantitative estimate of drug-likeness (QED) is 0.592. The molecule has 120 valence electrons. The van der Waals surface area contributed by atoms with Crippen molar-refractivity contribution in [2.75, 3.05) is 27.2 Å². The molecule has 2 rings (SSSR count). The summed E-state index contributed by atoms with van der Waals surface area (Å²) < 4.78 is 0. The van der Waals surface area contributed by atoms with E-state index in [0.29, 0.717) is 19.4 Å². The minimum absolute atomic E-state index is 0.00867. The molecule has 0 aromatic heterocycles. The van der Waals surface area contributed by atoms with Gasteiger partial charge in [-0.3, -0.25) is 14.5 Å². The molecule has 2 aliphatic heterocycles. The molecule has 0 aliphatic carbocycles. The summed E-state index contributed by atoms with van der Waals surface area (Å²) in [6, 6.07) is 2.54. The number of imide groups is 1. The third-order valence-electron chi connectivity index (χ3n) is 5.31. The molecule has 4 nitrogen and oxygen atoms in total. The first-order valence-electron chi connectivity index (χ1n) is 8.21. The number of likely N-dealkylation sites (tertiary alicyclic amines) is 1. The molecule has 2 fully saturated rings. The van der Waals surface area contributed by atoms with Crippen LogP contribution in [0, 0.1) is 5.41 Å². The maximum absolute atomic E-state index is 12.4. The van der Waals surface area contributed by atoms with E-state index in [1.807, 2.05) is 14.1 Å². The lowest BCUT2D eigenvalue weighted by atomic mass is 9.73. The van der Waals surface area contributed by atoms with Gasteiger partial charge in [0.15, 0.2) is 0 Å². The second-order valence-electron chi connectivity index (χ2n) is 8.11. The monoisotopic (exact) mass is 310 g/mol. The Bertz CT molecular complexity index is 391. The molecule has 5 heteroatoms. The van der Waals surface area contributed by atoms with Crippen LogP contribution in [-0.4, -0.2) is 56.9 Å². The van der Waals surface area contributed by atoms with Gasteiger partial charge in [0, 0.05) is 27.5 Å². The Labute approximate surface area is 129 Å². The van der Waals surface area contributed by atoms with Crippen LogP contribution in [0.5, 0.6) is 0 Å². The molecule has 2 aliphatic rings. The Morgan fingerprint density at radius 3 is 2.10 bits per heavy atom. The predicted octanol–water partition coefficient (Wildman–Crippen LogP) is 2.58. The molecule has 2 saturated heterocycles. The van der Waals surface area contributed by atoms with Crippen molar-refractivity contribution >= 4 is 19.9 Å². The molecule has 21 heavy (non-hydrogen) atoms. The van der Waals surface area contributed by atoms with Crippen LogP contribution < -0.4 is 0 Å². The molecule has 0 bridgehead atoms. The minimum atomic E-state index is -1.04. The topological polar surface area (TPSA) is 40.6 Å². The largest absolute Gasteiger partial charge is 0.309 e. The number of rotatable bonds is 4. The van der Waals surface area contributed by atoms with Gasteiger partial charge in [0.2, 0.25) is 11.8 Å². The van der Waals surface area contributed by atoms with Crippen molar-refractivity contribution in [3.05, 3.63) is 0 Å². The van der Waals surface area contributed by atoms with E-state index in [9.17, 15) is 9.59 Å². The summed E-state index contributed by atoms with van der Waals surface area (Å²) in [5, 5.41) is 0. The van der Waals surface area contributed by atoms with Crippen LogP contribution in [0.15, 0.2) is 0 Å². The minimum Gasteiger partial charge on any atom is -0.309 e. The van der Waals surface area contributed by atoms with Gasteiger partial charge < -0.3 is 4.90 Å². The summed E-state index contributed by atoms with van der Waals surface area (Å²) in [4.78, 5) is 28.4. The lowest BCUT2D eigenvalue weighted by Gasteiger charge is -2.46. The highest BCUT2D eigenvalue weighted by atomic mass is 28.3. The molecular formula is C16H30N2O2Si. The van der Waals surface area contributed by atoms with Crippen molar-refractivity contribution in [3.8, 4) is 0 Å². The number of nitrogens with zero attached hydrogens (tertiary/aromatic N) is 2. The van der Waals surface area contributed by atoms with E-state index >= 15 is 0 Å². The van der Waals surface area contributed by atoms with Crippen molar-refractivity contribution in [3.63, 3.8) is 0 Å². The predicted molar refractivity (Wildman–Crippen MR) is 87.9 cm³/mol. The molecule has 1 spiro atoms. The molecule has 0 unspecified atom stereocenters. The summed E-state index contributed by atoms with van der Waals surface area (Å²) in [7, 11) is 3.00. The molecule has 0 aromatic carbocycles. The van der Waals surface area contributed by atoms with Crippen molar-refractivity contribution in [1.29, 1.82) is 0 Å². The molecule has 2 heterocycles. The Hall–Kier alpha value is -0.683. The smallest absolute Gasteiger partial charge is 0.229 e. The zero-order valence-electron chi connectivity index (χ0n) is 14.1. The van der Waals surface area contributed by atoms with Gasteiger partial charge in [-0.2, -0.15) is 0 Å². The van der Waals surface area contributed by atoms with Gasteiger partial charge in [-0.05, 0) is 45.3 Å². The fourth-order valence-corrected chi connectivity index (χ4v) is 6.30. The summed E-state index contributed by atoms with van der Waals surface area (Å²) in [6.07, 6.45) is 4.26. The van der Waals surface area contributed by atoms with Crippen molar-refractivity contribution in [1.82, 2.24) is 9.80 Å². The maximum Gasteiger partial charge on any atom is 0.229 e. The van der Waals surface area contributed by atoms with Crippen molar-refractivity contribution in [2.45, 2.75) is 57.3 Å². The van der Waals surface area contributed by atoms with Crippen LogP contribution in [0.25, 0.3) is 0 Å². The summed E-state index contributed by atoms with van der Waals surface area (Å²) >= 11 is 0. The van der Waals surface area contributed by atoms with Crippen molar-refractivity contribution in [2.24, 2.45) is 5.41 Å². The second kappa shape index (κ2) is 6.21. The van der Waals surface area contributed by atoms with E-state index in [1.54, 1.807) is 0 Å². The standard InChI is InChI=1S/C16H30N2O2Si/c1-17(2)8-5-9-18-14(19)12-16(13-15(18)20)6-10-21(3,4)11-7-16/h5-13H2,1-4H3. The lowest BCUT2D eigenvalue weighted by Crippen LogP contribution is -2.51. The van der Waals surface area contributed by atoms with E-state index in [-0.39, 0.29) is 17.2 Å². The van der Waals surface area contributed by atoms with Gasteiger partial charge in [0.1, 0.15) is 0 Å². The van der Waals surface area contributed by atoms with Crippen LogP contribution in [0.2, 0.25) is 25.2 Å². The zero-order valence-corrected chi connectivity index (χ0v) is 15.1. The van der Waals surface area contributed by atoms with Crippen molar-refractivity contribution < 1.29 is 9.59 Å². The molecule has 0 radical (unpaired) electrons. The van der Waals surface area contributed by atoms with Gasteiger partial charge in [-0.15, -0.1) is 0 Å². The van der Waals surface area contributed by atoms with E-state index in [1.165, 1.54) is 17.0 Å². The number of piperidine rings is 1. The van der Waals surface area contributed by atoms with Gasteiger partial charge in [-0.1, -0.05) is 25.2 Å². The Kier molecular flexibility index (Phi) is 4.93. The first-order chi connectivity index (χ1) is 9.73. The highest BCUT2D eigenvalue weighted by molar-refractivity contribution is 6.77. The first kappa shape index (κ1) is 16.7. The normalized spacial score (nSPS) is 24.9. The third-order valence-corrected chi connectivity index (χ3v) is 8.51.